The summed E-state index contributed by atoms with van der Waals surface area (Å²) in [6, 6.07) is 6.56. The first kappa shape index (κ1) is 19.7. The first-order valence-corrected chi connectivity index (χ1v) is 8.40. The van der Waals surface area contributed by atoms with Gasteiger partial charge in [0, 0.05) is 12.4 Å². The molecule has 8 nitrogen and oxygen atoms in total. The standard InChI is InChI=1S/C16H23ClN2O6/c1-24-11-4-2-10(3-5-11)8-19(16(23)18-7-6-17)15-14(22)13(21)12(20)9-25-15/h2-5,12-15,20-22H,6-9H2,1H3,(H,18,23)/t12-,13-,14+,15-/m1/s1. The molecule has 0 saturated carbocycles. The summed E-state index contributed by atoms with van der Waals surface area (Å²) >= 11 is 5.60. The molecule has 1 aliphatic rings. The number of nitrogens with zero attached hydrogens (tertiary/aromatic N) is 1. The van der Waals surface area contributed by atoms with Crippen LogP contribution in [-0.4, -0.2) is 76.9 Å². The minimum Gasteiger partial charge on any atom is -0.497 e. The monoisotopic (exact) mass is 374 g/mol. The molecule has 1 saturated heterocycles. The van der Waals surface area contributed by atoms with Crippen LogP contribution in [0, 0.1) is 0 Å². The average Bonchev–Trinajstić information content (AvgIpc) is 2.63. The van der Waals surface area contributed by atoms with Crippen LogP contribution in [-0.2, 0) is 11.3 Å². The molecule has 4 atom stereocenters. The Balaban J connectivity index is 2.18. The molecule has 0 aromatic heterocycles. The Labute approximate surface area is 150 Å². The minimum atomic E-state index is -1.44. The largest absolute Gasteiger partial charge is 0.497 e. The molecule has 9 heteroatoms. The number of carbonyl (C=O) groups excluding carboxylic acids is 1. The third-order valence-electron chi connectivity index (χ3n) is 3.92. The molecular formula is C16H23ClN2O6. The number of nitrogens with one attached hydrogen (secondary N) is 1. The van der Waals surface area contributed by atoms with Crippen LogP contribution in [0.4, 0.5) is 4.79 Å². The van der Waals surface area contributed by atoms with Gasteiger partial charge in [-0.2, -0.15) is 0 Å². The van der Waals surface area contributed by atoms with E-state index in [9.17, 15) is 20.1 Å². The molecule has 0 bridgehead atoms. The maximum Gasteiger partial charge on any atom is 0.319 e. The number of aliphatic hydroxyl groups excluding tert-OH is 3. The predicted molar refractivity (Wildman–Crippen MR) is 90.4 cm³/mol. The fraction of sp³-hybridized carbons (Fsp3) is 0.562. The zero-order valence-electron chi connectivity index (χ0n) is 13.8. The lowest BCUT2D eigenvalue weighted by atomic mass is 10.0. The molecule has 0 aliphatic carbocycles. The molecule has 2 rings (SSSR count). The van der Waals surface area contributed by atoms with Crippen molar-refractivity contribution >= 4 is 17.6 Å². The van der Waals surface area contributed by atoms with Gasteiger partial charge in [0.25, 0.3) is 0 Å². The van der Waals surface area contributed by atoms with Gasteiger partial charge in [-0.05, 0) is 17.7 Å². The number of carbonyl (C=O) groups is 1. The van der Waals surface area contributed by atoms with E-state index in [0.29, 0.717) is 5.75 Å². The second-order valence-corrected chi connectivity index (χ2v) is 6.05. The van der Waals surface area contributed by atoms with Crippen molar-refractivity contribution in [3.63, 3.8) is 0 Å². The van der Waals surface area contributed by atoms with E-state index in [1.54, 1.807) is 31.4 Å². The normalized spacial score (nSPS) is 26.1. The van der Waals surface area contributed by atoms with Gasteiger partial charge >= 0.3 is 6.03 Å². The van der Waals surface area contributed by atoms with Crippen LogP contribution in [0.2, 0.25) is 0 Å². The highest BCUT2D eigenvalue weighted by atomic mass is 35.5. The summed E-state index contributed by atoms with van der Waals surface area (Å²) in [5.74, 6) is 0.909. The SMILES string of the molecule is COc1ccc(CN(C(=O)NCCCl)[C@@H]2OC[C@@H](O)[C@@H](O)[C@@H]2O)cc1. The van der Waals surface area contributed by atoms with Crippen molar-refractivity contribution in [1.82, 2.24) is 10.2 Å². The first-order valence-electron chi connectivity index (χ1n) is 7.87. The van der Waals surface area contributed by atoms with Crippen LogP contribution in [0.15, 0.2) is 24.3 Å². The Morgan fingerprint density at radius 1 is 1.32 bits per heavy atom. The lowest BCUT2D eigenvalue weighted by Crippen LogP contribution is -2.61. The third kappa shape index (κ3) is 4.96. The van der Waals surface area contributed by atoms with E-state index in [0.717, 1.165) is 5.56 Å². The zero-order valence-corrected chi connectivity index (χ0v) is 14.6. The zero-order chi connectivity index (χ0) is 18.4. The van der Waals surface area contributed by atoms with Crippen molar-refractivity contribution in [3.05, 3.63) is 29.8 Å². The lowest BCUT2D eigenvalue weighted by molar-refractivity contribution is -0.220. The van der Waals surface area contributed by atoms with E-state index < -0.39 is 30.6 Å². The number of methoxy groups -OCH3 is 1. The molecule has 1 aliphatic heterocycles. The number of alkyl halides is 1. The van der Waals surface area contributed by atoms with Crippen LogP contribution >= 0.6 is 11.6 Å². The van der Waals surface area contributed by atoms with Gasteiger partial charge in [-0.1, -0.05) is 12.1 Å². The molecule has 4 N–H and O–H groups in total. The molecule has 1 heterocycles. The molecule has 25 heavy (non-hydrogen) atoms. The van der Waals surface area contributed by atoms with E-state index in [1.165, 1.54) is 4.90 Å². The summed E-state index contributed by atoms with van der Waals surface area (Å²) < 4.78 is 10.5. The van der Waals surface area contributed by atoms with Crippen molar-refractivity contribution in [1.29, 1.82) is 0 Å². The van der Waals surface area contributed by atoms with Gasteiger partial charge in [0.2, 0.25) is 0 Å². The van der Waals surface area contributed by atoms with Crippen LogP contribution in [0.5, 0.6) is 5.75 Å². The van der Waals surface area contributed by atoms with E-state index in [1.807, 2.05) is 0 Å². The molecule has 0 radical (unpaired) electrons. The Morgan fingerprint density at radius 3 is 2.60 bits per heavy atom. The maximum absolute atomic E-state index is 12.5. The molecule has 1 aromatic carbocycles. The predicted octanol–water partition coefficient (Wildman–Crippen LogP) is -0.115. The number of aliphatic hydroxyl groups is 3. The molecular weight excluding hydrogens is 352 g/mol. The topological polar surface area (TPSA) is 111 Å². The Morgan fingerprint density at radius 2 is 2.00 bits per heavy atom. The number of hydrogen-bond acceptors (Lipinski definition) is 6. The number of hydrogen-bond donors (Lipinski definition) is 4. The Kier molecular flexibility index (Phi) is 7.27. The van der Waals surface area contributed by atoms with Crippen molar-refractivity contribution < 1.29 is 29.6 Å². The van der Waals surface area contributed by atoms with Crippen molar-refractivity contribution in [2.75, 3.05) is 26.1 Å². The van der Waals surface area contributed by atoms with E-state index in [2.05, 4.69) is 5.32 Å². The summed E-state index contributed by atoms with van der Waals surface area (Å²) in [6.45, 7) is 0.181. The molecule has 0 spiro atoms. The van der Waals surface area contributed by atoms with E-state index >= 15 is 0 Å². The second-order valence-electron chi connectivity index (χ2n) is 5.67. The third-order valence-corrected chi connectivity index (χ3v) is 4.11. The summed E-state index contributed by atoms with van der Waals surface area (Å²) in [5.41, 5.74) is 0.776. The van der Waals surface area contributed by atoms with E-state index in [-0.39, 0.29) is 25.6 Å². The van der Waals surface area contributed by atoms with Gasteiger partial charge in [-0.3, -0.25) is 4.90 Å². The highest BCUT2D eigenvalue weighted by Gasteiger charge is 2.42. The number of halogens is 1. The fourth-order valence-corrected chi connectivity index (χ4v) is 2.62. The molecule has 1 fully saturated rings. The summed E-state index contributed by atoms with van der Waals surface area (Å²) in [7, 11) is 1.56. The van der Waals surface area contributed by atoms with Crippen molar-refractivity contribution in [2.24, 2.45) is 0 Å². The molecule has 1 aromatic rings. The average molecular weight is 375 g/mol. The van der Waals surface area contributed by atoms with Gasteiger partial charge < -0.3 is 30.1 Å². The summed E-state index contributed by atoms with van der Waals surface area (Å²) in [5, 5.41) is 32.3. The summed E-state index contributed by atoms with van der Waals surface area (Å²) in [4.78, 5) is 13.7. The number of urea groups is 1. The molecule has 140 valence electrons. The Hall–Kier alpha value is -1.58. The molecule has 0 unspecified atom stereocenters. The maximum atomic E-state index is 12.5. The van der Waals surface area contributed by atoms with Gasteiger partial charge in [-0.25, -0.2) is 4.79 Å². The van der Waals surface area contributed by atoms with E-state index in [4.69, 9.17) is 21.1 Å². The highest BCUT2D eigenvalue weighted by Crippen LogP contribution is 2.22. The minimum absolute atomic E-state index is 0.128. The lowest BCUT2D eigenvalue weighted by Gasteiger charge is -2.41. The molecule has 2 amide bonds. The number of ether oxygens (including phenoxy) is 2. The first-order chi connectivity index (χ1) is 12.0. The van der Waals surface area contributed by atoms with Gasteiger partial charge in [-0.15, -0.1) is 11.6 Å². The quantitative estimate of drug-likeness (QED) is 0.517. The fourth-order valence-electron chi connectivity index (χ4n) is 2.53. The van der Waals surface area contributed by atoms with Crippen LogP contribution in [0.1, 0.15) is 5.56 Å². The van der Waals surface area contributed by atoms with Gasteiger partial charge in [0.15, 0.2) is 6.23 Å². The Bertz CT molecular complexity index is 558. The van der Waals surface area contributed by atoms with Crippen LogP contribution in [0.3, 0.4) is 0 Å². The van der Waals surface area contributed by atoms with Crippen molar-refractivity contribution in [2.45, 2.75) is 31.1 Å². The smallest absolute Gasteiger partial charge is 0.319 e. The highest BCUT2D eigenvalue weighted by molar-refractivity contribution is 6.18. The van der Waals surface area contributed by atoms with Gasteiger partial charge in [0.1, 0.15) is 24.1 Å². The number of benzene rings is 1. The second kappa shape index (κ2) is 9.21. The van der Waals surface area contributed by atoms with Crippen LogP contribution < -0.4 is 10.1 Å². The number of amides is 2. The van der Waals surface area contributed by atoms with Gasteiger partial charge in [0.05, 0.1) is 20.3 Å². The summed E-state index contributed by atoms with van der Waals surface area (Å²) in [6.07, 6.45) is -5.16. The van der Waals surface area contributed by atoms with Crippen molar-refractivity contribution in [3.8, 4) is 5.75 Å². The number of rotatable bonds is 6. The van der Waals surface area contributed by atoms with Crippen LogP contribution in [0.25, 0.3) is 0 Å².